The Morgan fingerprint density at radius 2 is 2.05 bits per heavy atom. The molecule has 3 rings (SSSR count). The number of aliphatic imine (C=N–C) groups is 1. The number of rotatable bonds is 2. The van der Waals surface area contributed by atoms with Gasteiger partial charge in [-0.2, -0.15) is 0 Å². The van der Waals surface area contributed by atoms with Crippen LogP contribution in [0.25, 0.3) is 0 Å². The van der Waals surface area contributed by atoms with Crippen LogP contribution < -0.4 is 0 Å². The predicted octanol–water partition coefficient (Wildman–Crippen LogP) is 2.15. The average Bonchev–Trinajstić information content (AvgIpc) is 2.83. The highest BCUT2D eigenvalue weighted by Crippen LogP contribution is 2.30. The minimum Gasteiger partial charge on any atom is -0.348 e. The molecule has 1 fully saturated rings. The van der Waals surface area contributed by atoms with Crippen molar-refractivity contribution in [3.05, 3.63) is 34.3 Å². The molecule has 1 aromatic rings. The van der Waals surface area contributed by atoms with Crippen LogP contribution in [0.2, 0.25) is 0 Å². The number of benzene rings is 1. The molecule has 1 saturated heterocycles. The van der Waals surface area contributed by atoms with Gasteiger partial charge in [0, 0.05) is 17.3 Å². The first-order valence-corrected chi connectivity index (χ1v) is 9.93. The molecule has 2 aliphatic rings. The monoisotopic (exact) mass is 374 g/mol. The van der Waals surface area contributed by atoms with Crippen LogP contribution in [0.3, 0.4) is 0 Å². The fourth-order valence-electron chi connectivity index (χ4n) is 2.55. The SMILES string of the molecule is CN1C(SCc2ccc(Br)cc2)=NC2CS(=O)(=O)CC21. The van der Waals surface area contributed by atoms with Crippen molar-refractivity contribution in [3.8, 4) is 0 Å². The zero-order chi connectivity index (χ0) is 14.3. The highest BCUT2D eigenvalue weighted by atomic mass is 79.9. The summed E-state index contributed by atoms with van der Waals surface area (Å²) in [6.45, 7) is 0. The lowest BCUT2D eigenvalue weighted by Gasteiger charge is -2.20. The van der Waals surface area contributed by atoms with E-state index in [4.69, 9.17) is 0 Å². The van der Waals surface area contributed by atoms with E-state index in [0.717, 1.165) is 15.4 Å². The van der Waals surface area contributed by atoms with E-state index in [1.165, 1.54) is 5.56 Å². The molecule has 4 nitrogen and oxygen atoms in total. The number of fused-ring (bicyclic) bond motifs is 1. The fraction of sp³-hybridized carbons (Fsp3) is 0.462. The van der Waals surface area contributed by atoms with Gasteiger partial charge in [-0.1, -0.05) is 39.8 Å². The molecule has 2 unspecified atom stereocenters. The molecule has 2 aliphatic heterocycles. The van der Waals surface area contributed by atoms with E-state index in [9.17, 15) is 8.42 Å². The van der Waals surface area contributed by atoms with Gasteiger partial charge in [-0.3, -0.25) is 4.99 Å². The second-order valence-corrected chi connectivity index (χ2v) is 9.16. The zero-order valence-corrected chi connectivity index (χ0v) is 14.2. The largest absolute Gasteiger partial charge is 0.348 e. The van der Waals surface area contributed by atoms with Crippen molar-refractivity contribution in [2.45, 2.75) is 17.8 Å². The Morgan fingerprint density at radius 1 is 1.35 bits per heavy atom. The number of sulfone groups is 1. The molecule has 2 atom stereocenters. The first-order valence-electron chi connectivity index (χ1n) is 6.33. The Morgan fingerprint density at radius 3 is 2.70 bits per heavy atom. The fourth-order valence-corrected chi connectivity index (χ4v) is 5.77. The van der Waals surface area contributed by atoms with Gasteiger partial charge in [0.2, 0.25) is 0 Å². The van der Waals surface area contributed by atoms with E-state index >= 15 is 0 Å². The van der Waals surface area contributed by atoms with E-state index in [1.54, 1.807) is 11.8 Å². The quantitative estimate of drug-likeness (QED) is 0.795. The van der Waals surface area contributed by atoms with Crippen molar-refractivity contribution in [2.75, 3.05) is 18.6 Å². The summed E-state index contributed by atoms with van der Waals surface area (Å²) < 4.78 is 24.3. The molecule has 0 spiro atoms. The summed E-state index contributed by atoms with van der Waals surface area (Å²) in [6.07, 6.45) is 0. The molecule has 20 heavy (non-hydrogen) atoms. The minimum absolute atomic E-state index is 0.0346. The lowest BCUT2D eigenvalue weighted by molar-refractivity contribution is 0.410. The van der Waals surface area contributed by atoms with Crippen LogP contribution in [0.4, 0.5) is 0 Å². The molecule has 1 aromatic carbocycles. The number of hydrogen-bond donors (Lipinski definition) is 0. The van der Waals surface area contributed by atoms with Gasteiger partial charge in [-0.25, -0.2) is 8.42 Å². The van der Waals surface area contributed by atoms with Crippen molar-refractivity contribution in [3.63, 3.8) is 0 Å². The molecule has 0 N–H and O–H groups in total. The van der Waals surface area contributed by atoms with Crippen LogP contribution in [0.1, 0.15) is 5.56 Å². The molecule has 2 heterocycles. The smallest absolute Gasteiger partial charge is 0.159 e. The third kappa shape index (κ3) is 2.89. The normalized spacial score (nSPS) is 27.5. The number of nitrogens with zero attached hydrogens (tertiary/aromatic N) is 2. The van der Waals surface area contributed by atoms with Crippen molar-refractivity contribution >= 4 is 42.7 Å². The zero-order valence-electron chi connectivity index (χ0n) is 11.0. The van der Waals surface area contributed by atoms with Crippen molar-refractivity contribution in [1.29, 1.82) is 0 Å². The summed E-state index contributed by atoms with van der Waals surface area (Å²) in [5, 5.41) is 0.956. The maximum absolute atomic E-state index is 11.6. The standard InChI is InChI=1S/C13H15BrN2O2S2/c1-16-12-8-20(17,18)7-11(12)15-13(16)19-6-9-2-4-10(14)5-3-9/h2-5,11-12H,6-8H2,1H3. The third-order valence-corrected chi connectivity index (χ3v) is 7.01. The van der Waals surface area contributed by atoms with Crippen LogP contribution in [0.5, 0.6) is 0 Å². The first kappa shape index (κ1) is 14.4. The maximum atomic E-state index is 11.6. The summed E-state index contributed by atoms with van der Waals surface area (Å²) in [7, 11) is -0.954. The first-order chi connectivity index (χ1) is 9.44. The number of halogens is 1. The molecule has 0 radical (unpaired) electrons. The Kier molecular flexibility index (Phi) is 3.85. The van der Waals surface area contributed by atoms with Gasteiger partial charge in [0.25, 0.3) is 0 Å². The number of amidine groups is 1. The molecular formula is C13H15BrN2O2S2. The molecule has 7 heteroatoms. The summed E-state index contributed by atoms with van der Waals surface area (Å²) in [4.78, 5) is 6.60. The van der Waals surface area contributed by atoms with Gasteiger partial charge >= 0.3 is 0 Å². The second-order valence-electron chi connectivity index (χ2n) is 5.15. The van der Waals surface area contributed by atoms with Gasteiger partial charge in [-0.05, 0) is 17.7 Å². The topological polar surface area (TPSA) is 49.7 Å². The van der Waals surface area contributed by atoms with Gasteiger partial charge in [0.1, 0.15) is 0 Å². The molecule has 0 aliphatic carbocycles. The third-order valence-electron chi connectivity index (χ3n) is 3.65. The molecule has 0 amide bonds. The maximum Gasteiger partial charge on any atom is 0.159 e. The van der Waals surface area contributed by atoms with Gasteiger partial charge in [-0.15, -0.1) is 0 Å². The Balaban J connectivity index is 1.66. The van der Waals surface area contributed by atoms with Crippen molar-refractivity contribution in [1.82, 2.24) is 4.90 Å². The molecular weight excluding hydrogens is 360 g/mol. The van der Waals surface area contributed by atoms with Crippen LogP contribution in [0.15, 0.2) is 33.7 Å². The van der Waals surface area contributed by atoms with Gasteiger partial charge in [0.05, 0.1) is 23.6 Å². The Bertz CT molecular complexity index is 643. The van der Waals surface area contributed by atoms with E-state index in [0.29, 0.717) is 0 Å². The summed E-state index contributed by atoms with van der Waals surface area (Å²) in [5.41, 5.74) is 1.24. The summed E-state index contributed by atoms with van der Waals surface area (Å²) in [5.74, 6) is 1.28. The number of likely N-dealkylation sites (N-methyl/N-ethyl adjacent to an activating group) is 1. The Hall–Kier alpha value is -0.530. The van der Waals surface area contributed by atoms with E-state index < -0.39 is 9.84 Å². The highest BCUT2D eigenvalue weighted by Gasteiger charge is 2.44. The number of hydrogen-bond acceptors (Lipinski definition) is 5. The van der Waals surface area contributed by atoms with Crippen LogP contribution in [0, 0.1) is 0 Å². The van der Waals surface area contributed by atoms with Crippen LogP contribution in [-0.2, 0) is 15.6 Å². The van der Waals surface area contributed by atoms with Gasteiger partial charge < -0.3 is 4.90 Å². The molecule has 108 valence electrons. The van der Waals surface area contributed by atoms with E-state index in [2.05, 4.69) is 33.1 Å². The molecule has 0 bridgehead atoms. The highest BCUT2D eigenvalue weighted by molar-refractivity contribution is 9.10. The van der Waals surface area contributed by atoms with Gasteiger partial charge in [0.15, 0.2) is 15.0 Å². The van der Waals surface area contributed by atoms with Crippen molar-refractivity contribution < 1.29 is 8.42 Å². The summed E-state index contributed by atoms with van der Waals surface area (Å²) in [6, 6.07) is 8.18. The Labute approximate surface area is 131 Å². The molecule has 0 aromatic heterocycles. The lowest BCUT2D eigenvalue weighted by atomic mass is 10.2. The van der Waals surface area contributed by atoms with Crippen molar-refractivity contribution in [2.24, 2.45) is 4.99 Å². The summed E-state index contributed by atoms with van der Waals surface area (Å²) >= 11 is 5.09. The second kappa shape index (κ2) is 5.35. The van der Waals surface area contributed by atoms with E-state index in [1.807, 2.05) is 24.1 Å². The van der Waals surface area contributed by atoms with Crippen LogP contribution >= 0.6 is 27.7 Å². The lowest BCUT2D eigenvalue weighted by Crippen LogP contribution is -2.35. The molecule has 0 saturated carbocycles. The minimum atomic E-state index is -2.90. The number of thioether (sulfide) groups is 1. The average molecular weight is 375 g/mol. The predicted molar refractivity (Wildman–Crippen MR) is 86.9 cm³/mol. The van der Waals surface area contributed by atoms with Crippen LogP contribution in [-0.4, -0.2) is 49.1 Å². The van der Waals surface area contributed by atoms with E-state index in [-0.39, 0.29) is 23.6 Å².